The zero-order valence-corrected chi connectivity index (χ0v) is 18.6. The third kappa shape index (κ3) is 4.60. The standard InChI is InChI=1S/C22H28N2O5S/c1-15-7-8-16(2)21(12-15)30(26,27)24-11-5-6-17(14-24)22(25)23-19-13-18(28-3)9-10-20(19)29-4/h7-10,12-13,17H,5-6,11,14H2,1-4H3,(H,23,25)/t17-/m0/s1. The van der Waals surface area contributed by atoms with Crippen molar-refractivity contribution in [3.63, 3.8) is 0 Å². The molecule has 1 atom stereocenters. The maximum atomic E-state index is 13.2. The van der Waals surface area contributed by atoms with Crippen molar-refractivity contribution < 1.29 is 22.7 Å². The lowest BCUT2D eigenvalue weighted by Crippen LogP contribution is -2.43. The van der Waals surface area contributed by atoms with Crippen LogP contribution in [-0.4, -0.2) is 45.9 Å². The van der Waals surface area contributed by atoms with Crippen LogP contribution in [0.5, 0.6) is 11.5 Å². The largest absolute Gasteiger partial charge is 0.497 e. The van der Waals surface area contributed by atoms with E-state index in [-0.39, 0.29) is 12.5 Å². The molecular formula is C22H28N2O5S. The summed E-state index contributed by atoms with van der Waals surface area (Å²) in [5, 5.41) is 2.87. The number of carbonyl (C=O) groups excluding carboxylic acids is 1. The van der Waals surface area contributed by atoms with Crippen molar-refractivity contribution in [3.05, 3.63) is 47.5 Å². The summed E-state index contributed by atoms with van der Waals surface area (Å²) in [5.41, 5.74) is 2.08. The minimum Gasteiger partial charge on any atom is -0.497 e. The lowest BCUT2D eigenvalue weighted by atomic mass is 9.98. The Labute approximate surface area is 178 Å². The molecule has 1 fully saturated rings. The first-order valence-corrected chi connectivity index (χ1v) is 11.3. The average molecular weight is 433 g/mol. The summed E-state index contributed by atoms with van der Waals surface area (Å²) in [6, 6.07) is 10.5. The molecule has 0 bridgehead atoms. The summed E-state index contributed by atoms with van der Waals surface area (Å²) in [6.07, 6.45) is 1.24. The second-order valence-electron chi connectivity index (χ2n) is 7.53. The molecular weight excluding hydrogens is 404 g/mol. The van der Waals surface area contributed by atoms with Crippen LogP contribution in [0.1, 0.15) is 24.0 Å². The molecule has 8 heteroatoms. The van der Waals surface area contributed by atoms with Crippen LogP contribution >= 0.6 is 0 Å². The van der Waals surface area contributed by atoms with Gasteiger partial charge in [-0.3, -0.25) is 4.79 Å². The van der Waals surface area contributed by atoms with Gasteiger partial charge in [-0.2, -0.15) is 4.31 Å². The normalized spacial score (nSPS) is 17.4. The van der Waals surface area contributed by atoms with Crippen molar-refractivity contribution in [2.75, 3.05) is 32.6 Å². The number of sulfonamides is 1. The molecule has 1 aliphatic rings. The van der Waals surface area contributed by atoms with Gasteiger partial charge in [0.05, 0.1) is 30.7 Å². The molecule has 162 valence electrons. The maximum absolute atomic E-state index is 13.2. The highest BCUT2D eigenvalue weighted by Gasteiger charge is 2.34. The van der Waals surface area contributed by atoms with Crippen LogP contribution < -0.4 is 14.8 Å². The van der Waals surface area contributed by atoms with Gasteiger partial charge in [0.1, 0.15) is 11.5 Å². The average Bonchev–Trinajstić information content (AvgIpc) is 2.75. The summed E-state index contributed by atoms with van der Waals surface area (Å²) >= 11 is 0. The smallest absolute Gasteiger partial charge is 0.243 e. The van der Waals surface area contributed by atoms with E-state index in [1.54, 1.807) is 38.3 Å². The van der Waals surface area contributed by atoms with Crippen LogP contribution in [-0.2, 0) is 14.8 Å². The number of rotatable bonds is 6. The quantitative estimate of drug-likeness (QED) is 0.757. The van der Waals surface area contributed by atoms with Gasteiger partial charge in [-0.15, -0.1) is 0 Å². The van der Waals surface area contributed by atoms with Crippen molar-refractivity contribution in [2.24, 2.45) is 5.92 Å². The number of carbonyl (C=O) groups is 1. The number of benzene rings is 2. The zero-order chi connectivity index (χ0) is 21.9. The molecule has 7 nitrogen and oxygen atoms in total. The van der Waals surface area contributed by atoms with Crippen LogP contribution in [0.15, 0.2) is 41.3 Å². The first kappa shape index (κ1) is 22.1. The third-order valence-electron chi connectivity index (χ3n) is 5.38. The fourth-order valence-corrected chi connectivity index (χ4v) is 5.48. The van der Waals surface area contributed by atoms with Gasteiger partial charge in [0, 0.05) is 19.2 Å². The number of hydrogen-bond acceptors (Lipinski definition) is 5. The first-order valence-electron chi connectivity index (χ1n) is 9.86. The Morgan fingerprint density at radius 2 is 1.87 bits per heavy atom. The zero-order valence-electron chi connectivity index (χ0n) is 17.8. The number of hydrogen-bond donors (Lipinski definition) is 1. The van der Waals surface area contributed by atoms with Crippen molar-refractivity contribution in [1.82, 2.24) is 4.31 Å². The fourth-order valence-electron chi connectivity index (χ4n) is 3.65. The van der Waals surface area contributed by atoms with Gasteiger partial charge in [-0.25, -0.2) is 8.42 Å². The molecule has 0 unspecified atom stereocenters. The topological polar surface area (TPSA) is 84.9 Å². The molecule has 30 heavy (non-hydrogen) atoms. The van der Waals surface area contributed by atoms with E-state index in [2.05, 4.69) is 5.32 Å². The van der Waals surface area contributed by atoms with E-state index in [1.807, 2.05) is 19.1 Å². The molecule has 2 aromatic carbocycles. The highest BCUT2D eigenvalue weighted by Crippen LogP contribution is 2.31. The molecule has 0 saturated carbocycles. The van der Waals surface area contributed by atoms with Gasteiger partial charge in [-0.1, -0.05) is 12.1 Å². The number of aryl methyl sites for hydroxylation is 2. The molecule has 2 aromatic rings. The monoisotopic (exact) mass is 432 g/mol. The van der Waals surface area contributed by atoms with Gasteiger partial charge in [-0.05, 0) is 56.0 Å². The van der Waals surface area contributed by atoms with E-state index >= 15 is 0 Å². The molecule has 0 spiro atoms. The van der Waals surface area contributed by atoms with E-state index in [4.69, 9.17) is 9.47 Å². The van der Waals surface area contributed by atoms with Crippen LogP contribution in [0, 0.1) is 19.8 Å². The predicted octanol–water partition coefficient (Wildman–Crippen LogP) is 3.36. The lowest BCUT2D eigenvalue weighted by molar-refractivity contribution is -0.120. The summed E-state index contributed by atoms with van der Waals surface area (Å²) in [4.78, 5) is 13.2. The third-order valence-corrected chi connectivity index (χ3v) is 7.39. The SMILES string of the molecule is COc1ccc(OC)c(NC(=O)[C@H]2CCCN(S(=O)(=O)c3cc(C)ccc3C)C2)c1. The number of nitrogens with zero attached hydrogens (tertiary/aromatic N) is 1. The van der Waals surface area contributed by atoms with E-state index < -0.39 is 15.9 Å². The number of ether oxygens (including phenoxy) is 2. The van der Waals surface area contributed by atoms with E-state index in [0.29, 0.717) is 47.0 Å². The van der Waals surface area contributed by atoms with Crippen LogP contribution in [0.2, 0.25) is 0 Å². The van der Waals surface area contributed by atoms with Gasteiger partial charge < -0.3 is 14.8 Å². The number of amides is 1. The molecule has 1 aliphatic heterocycles. The highest BCUT2D eigenvalue weighted by atomic mass is 32.2. The van der Waals surface area contributed by atoms with Crippen LogP contribution in [0.25, 0.3) is 0 Å². The highest BCUT2D eigenvalue weighted by molar-refractivity contribution is 7.89. The van der Waals surface area contributed by atoms with Gasteiger partial charge in [0.2, 0.25) is 15.9 Å². The number of methoxy groups -OCH3 is 2. The Hall–Kier alpha value is -2.58. The summed E-state index contributed by atoms with van der Waals surface area (Å²) in [5.74, 6) is 0.422. The Morgan fingerprint density at radius 1 is 1.10 bits per heavy atom. The van der Waals surface area contributed by atoms with Crippen molar-refractivity contribution >= 4 is 21.6 Å². The molecule has 1 heterocycles. The lowest BCUT2D eigenvalue weighted by Gasteiger charge is -2.31. The second kappa shape index (κ2) is 9.06. The van der Waals surface area contributed by atoms with Gasteiger partial charge in [0.25, 0.3) is 0 Å². The molecule has 3 rings (SSSR count). The number of piperidine rings is 1. The molecule has 0 radical (unpaired) electrons. The minimum absolute atomic E-state index is 0.147. The Kier molecular flexibility index (Phi) is 6.67. The van der Waals surface area contributed by atoms with Crippen LogP contribution in [0.3, 0.4) is 0 Å². The summed E-state index contributed by atoms with van der Waals surface area (Å²) < 4.78 is 38.4. The summed E-state index contributed by atoms with van der Waals surface area (Å²) in [6.45, 7) is 4.21. The first-order chi connectivity index (χ1) is 14.3. The van der Waals surface area contributed by atoms with E-state index in [0.717, 1.165) is 5.56 Å². The van der Waals surface area contributed by atoms with Crippen molar-refractivity contribution in [3.8, 4) is 11.5 Å². The van der Waals surface area contributed by atoms with E-state index in [9.17, 15) is 13.2 Å². The Bertz CT molecular complexity index is 1040. The van der Waals surface area contributed by atoms with E-state index in [1.165, 1.54) is 11.4 Å². The molecule has 1 saturated heterocycles. The number of anilines is 1. The van der Waals surface area contributed by atoms with Gasteiger partial charge in [0.15, 0.2) is 0 Å². The number of nitrogens with one attached hydrogen (secondary N) is 1. The van der Waals surface area contributed by atoms with Crippen molar-refractivity contribution in [1.29, 1.82) is 0 Å². The van der Waals surface area contributed by atoms with Gasteiger partial charge >= 0.3 is 0 Å². The van der Waals surface area contributed by atoms with Crippen LogP contribution in [0.4, 0.5) is 5.69 Å². The molecule has 0 aliphatic carbocycles. The summed E-state index contributed by atoms with van der Waals surface area (Å²) in [7, 11) is -0.599. The molecule has 0 aromatic heterocycles. The molecule has 1 N–H and O–H groups in total. The van der Waals surface area contributed by atoms with Crippen molar-refractivity contribution in [2.45, 2.75) is 31.6 Å². The molecule has 1 amide bonds. The predicted molar refractivity (Wildman–Crippen MR) is 116 cm³/mol. The minimum atomic E-state index is -3.67. The Balaban J connectivity index is 1.79. The second-order valence-corrected chi connectivity index (χ2v) is 9.43. The maximum Gasteiger partial charge on any atom is 0.243 e. The fraction of sp³-hybridized carbons (Fsp3) is 0.409. The Morgan fingerprint density at radius 3 is 2.57 bits per heavy atom.